The van der Waals surface area contributed by atoms with Crippen LogP contribution in [0.15, 0.2) is 42.5 Å². The van der Waals surface area contributed by atoms with E-state index in [1.807, 2.05) is 30.3 Å². The van der Waals surface area contributed by atoms with Crippen LogP contribution in [0.1, 0.15) is 23.7 Å². The quantitative estimate of drug-likeness (QED) is 0.566. The number of carbonyl (C=O) groups excluding carboxylic acids is 1. The number of morpholine rings is 1. The maximum atomic E-state index is 13.3. The highest BCUT2D eigenvalue weighted by Crippen LogP contribution is 2.39. The molecule has 0 N–H and O–H groups in total. The normalized spacial score (nSPS) is 19.0. The highest BCUT2D eigenvalue weighted by molar-refractivity contribution is 6.33. The second-order valence-electron chi connectivity index (χ2n) is 7.81. The largest absolute Gasteiger partial charge is 0.495 e. The molecule has 7 nitrogen and oxygen atoms in total. The van der Waals surface area contributed by atoms with Gasteiger partial charge < -0.3 is 28.6 Å². The molecule has 0 spiro atoms. The van der Waals surface area contributed by atoms with Crippen molar-refractivity contribution in [2.24, 2.45) is 0 Å². The third kappa shape index (κ3) is 4.95. The fourth-order valence-electron chi connectivity index (χ4n) is 4.10. The van der Waals surface area contributed by atoms with Crippen LogP contribution in [-0.2, 0) is 19.0 Å². The minimum absolute atomic E-state index is 0.129. The molecule has 0 bridgehead atoms. The van der Waals surface area contributed by atoms with Gasteiger partial charge in [-0.3, -0.25) is 4.79 Å². The van der Waals surface area contributed by atoms with E-state index in [0.29, 0.717) is 28.7 Å². The van der Waals surface area contributed by atoms with Crippen molar-refractivity contribution in [2.45, 2.75) is 18.6 Å². The monoisotopic (exact) mass is 473 g/mol. The zero-order valence-corrected chi connectivity index (χ0v) is 19.8. The van der Waals surface area contributed by atoms with Crippen LogP contribution < -0.4 is 14.4 Å². The Labute approximate surface area is 198 Å². The smallest absolute Gasteiger partial charge is 0.206 e. The summed E-state index contributed by atoms with van der Waals surface area (Å²) >= 11 is 6.27. The predicted octanol–water partition coefficient (Wildman–Crippen LogP) is 4.28. The van der Waals surface area contributed by atoms with Crippen molar-refractivity contribution in [3.8, 4) is 11.5 Å². The summed E-state index contributed by atoms with van der Waals surface area (Å²) in [6.45, 7) is 3.16. The summed E-state index contributed by atoms with van der Waals surface area (Å²) in [7, 11) is 4.61. The first-order valence-corrected chi connectivity index (χ1v) is 11.2. The summed E-state index contributed by atoms with van der Waals surface area (Å²) in [5.41, 5.74) is 2.63. The zero-order chi connectivity index (χ0) is 23.4. The van der Waals surface area contributed by atoms with E-state index in [9.17, 15) is 4.79 Å². The van der Waals surface area contributed by atoms with Crippen molar-refractivity contribution >= 4 is 28.8 Å². The van der Waals surface area contributed by atoms with Crippen molar-refractivity contribution in [3.63, 3.8) is 0 Å². The first kappa shape index (κ1) is 23.4. The Kier molecular flexibility index (Phi) is 7.42. The van der Waals surface area contributed by atoms with Gasteiger partial charge >= 0.3 is 0 Å². The summed E-state index contributed by atoms with van der Waals surface area (Å²) in [6, 6.07) is 11.4. The van der Waals surface area contributed by atoms with Crippen LogP contribution in [0.3, 0.4) is 0 Å². The highest BCUT2D eigenvalue weighted by atomic mass is 35.5. The number of hydrogen-bond acceptors (Lipinski definition) is 7. The van der Waals surface area contributed by atoms with E-state index in [0.717, 1.165) is 43.1 Å². The van der Waals surface area contributed by atoms with Crippen LogP contribution in [0, 0.1) is 0 Å². The SMILES string of the molecule is COc1cc(C2=CCC(C(=O)C(OC)c3ccc(N4CCOCC4)cc3)O2)cc(OC)c1Cl. The van der Waals surface area contributed by atoms with E-state index >= 15 is 0 Å². The molecule has 33 heavy (non-hydrogen) atoms. The van der Waals surface area contributed by atoms with Crippen molar-refractivity contribution in [1.82, 2.24) is 0 Å². The van der Waals surface area contributed by atoms with Crippen molar-refractivity contribution in [2.75, 3.05) is 52.5 Å². The van der Waals surface area contributed by atoms with Gasteiger partial charge in [0.05, 0.1) is 27.4 Å². The summed E-state index contributed by atoms with van der Waals surface area (Å²) in [5.74, 6) is 1.40. The average Bonchev–Trinajstić information content (AvgIpc) is 3.36. The van der Waals surface area contributed by atoms with Gasteiger partial charge in [-0.2, -0.15) is 0 Å². The average molecular weight is 474 g/mol. The third-order valence-electron chi connectivity index (χ3n) is 5.90. The molecule has 1 saturated heterocycles. The fourth-order valence-corrected chi connectivity index (χ4v) is 4.37. The highest BCUT2D eigenvalue weighted by Gasteiger charge is 2.33. The van der Waals surface area contributed by atoms with E-state index in [1.54, 1.807) is 12.1 Å². The Balaban J connectivity index is 1.46. The first-order chi connectivity index (χ1) is 16.0. The van der Waals surface area contributed by atoms with Gasteiger partial charge in [-0.05, 0) is 35.9 Å². The number of carbonyl (C=O) groups is 1. The molecule has 2 aromatic carbocycles. The van der Waals surface area contributed by atoms with Crippen LogP contribution in [-0.4, -0.2) is 59.5 Å². The first-order valence-electron chi connectivity index (χ1n) is 10.8. The molecule has 8 heteroatoms. The number of Topliss-reactive ketones (excluding diaryl/α,β-unsaturated/α-hetero) is 1. The lowest BCUT2D eigenvalue weighted by molar-refractivity contribution is -0.136. The molecule has 2 aliphatic rings. The van der Waals surface area contributed by atoms with Gasteiger partial charge in [-0.15, -0.1) is 0 Å². The van der Waals surface area contributed by atoms with Gasteiger partial charge in [0.15, 0.2) is 6.10 Å². The van der Waals surface area contributed by atoms with Crippen LogP contribution in [0.4, 0.5) is 5.69 Å². The van der Waals surface area contributed by atoms with Crippen LogP contribution >= 0.6 is 11.6 Å². The number of benzene rings is 2. The fraction of sp³-hybridized carbons (Fsp3) is 0.400. The summed E-state index contributed by atoms with van der Waals surface area (Å²) in [4.78, 5) is 15.5. The molecular weight excluding hydrogens is 446 g/mol. The number of anilines is 1. The number of ketones is 1. The second kappa shape index (κ2) is 10.5. The van der Waals surface area contributed by atoms with Gasteiger partial charge in [-0.25, -0.2) is 0 Å². The number of methoxy groups -OCH3 is 3. The zero-order valence-electron chi connectivity index (χ0n) is 19.0. The molecule has 2 aliphatic heterocycles. The van der Waals surface area contributed by atoms with E-state index in [2.05, 4.69) is 4.90 Å². The van der Waals surface area contributed by atoms with Gasteiger partial charge in [0, 0.05) is 37.9 Å². The Bertz CT molecular complexity index is 991. The van der Waals surface area contributed by atoms with E-state index in [-0.39, 0.29) is 5.78 Å². The van der Waals surface area contributed by atoms with E-state index in [4.69, 9.17) is 35.3 Å². The molecule has 0 radical (unpaired) electrons. The minimum Gasteiger partial charge on any atom is -0.495 e. The predicted molar refractivity (Wildman–Crippen MR) is 126 cm³/mol. The molecule has 0 saturated carbocycles. The summed E-state index contributed by atoms with van der Waals surface area (Å²) < 4.78 is 27.7. The Morgan fingerprint density at radius 1 is 1.06 bits per heavy atom. The van der Waals surface area contributed by atoms with Gasteiger partial charge in [0.1, 0.15) is 28.4 Å². The van der Waals surface area contributed by atoms with Crippen molar-refractivity contribution in [1.29, 1.82) is 0 Å². The van der Waals surface area contributed by atoms with E-state index < -0.39 is 12.2 Å². The number of ether oxygens (including phenoxy) is 5. The van der Waals surface area contributed by atoms with Crippen LogP contribution in [0.5, 0.6) is 11.5 Å². The lowest BCUT2D eigenvalue weighted by Crippen LogP contribution is -2.36. The Morgan fingerprint density at radius 3 is 2.27 bits per heavy atom. The standard InChI is InChI=1S/C25H28ClNO6/c1-29-21-14-17(15-22(30-2)23(21)26)19-8-9-20(33-19)24(28)25(31-3)16-4-6-18(7-5-16)27-10-12-32-13-11-27/h4-8,14-15,20,25H,9-13H2,1-3H3. The lowest BCUT2D eigenvalue weighted by atomic mass is 10.00. The number of hydrogen-bond donors (Lipinski definition) is 0. The van der Waals surface area contributed by atoms with Gasteiger partial charge in [0.25, 0.3) is 0 Å². The van der Waals surface area contributed by atoms with Gasteiger partial charge in [0.2, 0.25) is 5.78 Å². The molecule has 0 aliphatic carbocycles. The lowest BCUT2D eigenvalue weighted by Gasteiger charge is -2.29. The summed E-state index contributed by atoms with van der Waals surface area (Å²) in [5, 5.41) is 0.384. The molecule has 176 valence electrons. The maximum absolute atomic E-state index is 13.3. The molecule has 2 atom stereocenters. The second-order valence-corrected chi connectivity index (χ2v) is 8.19. The van der Waals surface area contributed by atoms with Crippen molar-refractivity contribution in [3.05, 3.63) is 58.6 Å². The number of nitrogens with zero attached hydrogens (tertiary/aromatic N) is 1. The summed E-state index contributed by atoms with van der Waals surface area (Å²) in [6.07, 6.45) is 0.985. The topological polar surface area (TPSA) is 66.5 Å². The number of halogens is 1. The molecular formula is C25H28ClNO6. The molecule has 2 unspecified atom stereocenters. The minimum atomic E-state index is -0.712. The Morgan fingerprint density at radius 2 is 1.70 bits per heavy atom. The molecule has 2 aromatic rings. The maximum Gasteiger partial charge on any atom is 0.206 e. The van der Waals surface area contributed by atoms with E-state index in [1.165, 1.54) is 21.3 Å². The van der Waals surface area contributed by atoms with Crippen molar-refractivity contribution < 1.29 is 28.5 Å². The molecule has 4 rings (SSSR count). The van der Waals surface area contributed by atoms with Crippen LogP contribution in [0.25, 0.3) is 5.76 Å². The third-order valence-corrected chi connectivity index (χ3v) is 6.27. The van der Waals surface area contributed by atoms with Gasteiger partial charge in [-0.1, -0.05) is 23.7 Å². The molecule has 0 aromatic heterocycles. The molecule has 1 fully saturated rings. The molecule has 2 heterocycles. The Hall–Kier alpha value is -2.74. The molecule has 0 amide bonds. The number of rotatable bonds is 8. The van der Waals surface area contributed by atoms with Crippen LogP contribution in [0.2, 0.25) is 5.02 Å².